The Morgan fingerprint density at radius 2 is 2.12 bits per heavy atom. The van der Waals surface area contributed by atoms with Gasteiger partial charge in [-0.25, -0.2) is 15.6 Å². The number of benzene rings is 1. The molecule has 0 aliphatic rings. The second kappa shape index (κ2) is 5.62. The van der Waals surface area contributed by atoms with Gasteiger partial charge in [-0.05, 0) is 5.56 Å². The predicted molar refractivity (Wildman–Crippen MR) is 59.6 cm³/mol. The Kier molecular flexibility index (Phi) is 4.16. The molecule has 1 rings (SSSR count). The lowest BCUT2D eigenvalue weighted by Crippen LogP contribution is -2.37. The molecule has 6 nitrogen and oxygen atoms in total. The number of guanidine groups is 1. The van der Waals surface area contributed by atoms with Crippen LogP contribution in [0.25, 0.3) is 0 Å². The molecule has 0 fully saturated rings. The fraction of sp³-hybridized carbons (Fsp3) is 0.100. The maximum Gasteiger partial charge on any atom is 0.331 e. The van der Waals surface area contributed by atoms with Gasteiger partial charge in [-0.1, -0.05) is 35.5 Å². The van der Waals surface area contributed by atoms with Crippen LogP contribution in [-0.4, -0.2) is 23.3 Å². The summed E-state index contributed by atoms with van der Waals surface area (Å²) >= 11 is 0. The number of nitrogens with one attached hydrogen (secondary N) is 1. The molecule has 0 amide bonds. The Hall–Kier alpha value is -2.21. The highest BCUT2D eigenvalue weighted by Gasteiger charge is 2.06. The van der Waals surface area contributed by atoms with Crippen molar-refractivity contribution in [2.75, 3.05) is 0 Å². The number of hydrogen-bond donors (Lipinski definition) is 2. The molecule has 0 heterocycles. The maximum absolute atomic E-state index is 10.5. The van der Waals surface area contributed by atoms with E-state index in [0.717, 1.165) is 5.56 Å². The number of carbonyl (C=O) groups excluding carboxylic acids is 1. The molecular formula is C10H12N4O2. The lowest BCUT2D eigenvalue weighted by Gasteiger charge is -2.12. The van der Waals surface area contributed by atoms with Gasteiger partial charge in [-0.15, -0.1) is 0 Å². The molecular weight excluding hydrogens is 208 g/mol. The van der Waals surface area contributed by atoms with E-state index >= 15 is 0 Å². The van der Waals surface area contributed by atoms with Crippen LogP contribution < -0.4 is 5.84 Å². The zero-order chi connectivity index (χ0) is 12.0. The summed E-state index contributed by atoms with van der Waals surface area (Å²) in [6.45, 7) is 1.19. The van der Waals surface area contributed by atoms with Crippen LogP contribution in [0.15, 0.2) is 35.3 Å². The van der Waals surface area contributed by atoms with E-state index in [2.05, 4.69) is 9.83 Å². The summed E-state index contributed by atoms with van der Waals surface area (Å²) in [5.41, 5.74) is 0.823. The first-order chi connectivity index (χ1) is 7.59. The van der Waals surface area contributed by atoms with Crippen LogP contribution in [0.5, 0.6) is 0 Å². The van der Waals surface area contributed by atoms with Crippen molar-refractivity contribution in [1.29, 1.82) is 5.41 Å². The van der Waals surface area contributed by atoms with Gasteiger partial charge in [0.2, 0.25) is 0 Å². The van der Waals surface area contributed by atoms with Crippen LogP contribution in [0.2, 0.25) is 0 Å². The Labute approximate surface area is 92.8 Å². The van der Waals surface area contributed by atoms with Crippen molar-refractivity contribution in [3.8, 4) is 0 Å². The minimum Gasteiger partial charge on any atom is -0.323 e. The van der Waals surface area contributed by atoms with Crippen molar-refractivity contribution in [2.24, 2.45) is 10.8 Å². The Morgan fingerprint density at radius 1 is 1.50 bits per heavy atom. The highest BCUT2D eigenvalue weighted by molar-refractivity contribution is 5.91. The Bertz CT molecular complexity index is 403. The number of nitrogens with zero attached hydrogens (tertiary/aromatic N) is 2. The van der Waals surface area contributed by atoms with Crippen LogP contribution in [0.1, 0.15) is 12.5 Å². The van der Waals surface area contributed by atoms with Crippen molar-refractivity contribution in [3.05, 3.63) is 35.9 Å². The number of hydrazine groups is 1. The first kappa shape index (κ1) is 11.9. The van der Waals surface area contributed by atoms with Crippen LogP contribution in [0.3, 0.4) is 0 Å². The Balaban J connectivity index is 2.57. The van der Waals surface area contributed by atoms with E-state index < -0.39 is 5.97 Å². The molecule has 3 N–H and O–H groups in total. The molecule has 1 aromatic rings. The molecule has 0 aromatic heterocycles. The standard InChI is InChI=1S/C10H12N4O2/c1-8(15)16-14(12)10(11)13-7-9-5-3-2-4-6-9/h2-7,11H,12H2,1H3. The molecule has 0 bridgehead atoms. The summed E-state index contributed by atoms with van der Waals surface area (Å²) in [4.78, 5) is 18.7. The molecule has 0 aliphatic carbocycles. The summed E-state index contributed by atoms with van der Waals surface area (Å²) in [5.74, 6) is 4.26. The second-order valence-electron chi connectivity index (χ2n) is 2.90. The molecule has 16 heavy (non-hydrogen) atoms. The summed E-state index contributed by atoms with van der Waals surface area (Å²) in [7, 11) is 0. The van der Waals surface area contributed by atoms with E-state index in [1.54, 1.807) is 0 Å². The van der Waals surface area contributed by atoms with E-state index in [1.807, 2.05) is 30.3 Å². The minimum absolute atomic E-state index is 0.362. The van der Waals surface area contributed by atoms with Crippen molar-refractivity contribution >= 4 is 18.1 Å². The summed E-state index contributed by atoms with van der Waals surface area (Å²) in [6.07, 6.45) is 1.45. The van der Waals surface area contributed by atoms with Gasteiger partial charge >= 0.3 is 5.97 Å². The number of rotatable bonds is 1. The van der Waals surface area contributed by atoms with Crippen LogP contribution >= 0.6 is 0 Å². The molecule has 0 unspecified atom stereocenters. The van der Waals surface area contributed by atoms with Crippen molar-refractivity contribution in [3.63, 3.8) is 0 Å². The molecule has 0 aliphatic heterocycles. The van der Waals surface area contributed by atoms with E-state index in [1.165, 1.54) is 13.1 Å². The van der Waals surface area contributed by atoms with Gasteiger partial charge in [0.15, 0.2) is 0 Å². The van der Waals surface area contributed by atoms with Gasteiger partial charge in [0.25, 0.3) is 5.96 Å². The molecule has 0 atom stereocenters. The van der Waals surface area contributed by atoms with Crippen molar-refractivity contribution in [1.82, 2.24) is 5.17 Å². The van der Waals surface area contributed by atoms with Crippen LogP contribution in [0, 0.1) is 5.41 Å². The lowest BCUT2D eigenvalue weighted by atomic mass is 10.2. The van der Waals surface area contributed by atoms with Gasteiger partial charge in [0.1, 0.15) is 0 Å². The fourth-order valence-corrected chi connectivity index (χ4v) is 0.913. The summed E-state index contributed by atoms with van der Waals surface area (Å²) in [5, 5.41) is 7.86. The third-order valence-electron chi connectivity index (χ3n) is 1.57. The van der Waals surface area contributed by atoms with Gasteiger partial charge in [0.05, 0.1) is 0 Å². The van der Waals surface area contributed by atoms with E-state index in [0.29, 0.717) is 5.17 Å². The van der Waals surface area contributed by atoms with Crippen LogP contribution in [-0.2, 0) is 9.63 Å². The van der Waals surface area contributed by atoms with Crippen molar-refractivity contribution < 1.29 is 9.63 Å². The topological polar surface area (TPSA) is 91.8 Å². The summed E-state index contributed by atoms with van der Waals surface area (Å²) in [6, 6.07) is 9.21. The molecule has 0 spiro atoms. The Morgan fingerprint density at radius 3 is 2.69 bits per heavy atom. The third-order valence-corrected chi connectivity index (χ3v) is 1.57. The quantitative estimate of drug-likeness (QED) is 0.315. The van der Waals surface area contributed by atoms with Gasteiger partial charge in [-0.2, -0.15) is 0 Å². The minimum atomic E-state index is -0.609. The van der Waals surface area contributed by atoms with Crippen molar-refractivity contribution in [2.45, 2.75) is 6.92 Å². The first-order valence-electron chi connectivity index (χ1n) is 4.50. The lowest BCUT2D eigenvalue weighted by molar-refractivity contribution is -0.171. The van der Waals surface area contributed by atoms with E-state index in [-0.39, 0.29) is 5.96 Å². The molecule has 0 radical (unpaired) electrons. The molecule has 0 saturated heterocycles. The smallest absolute Gasteiger partial charge is 0.323 e. The molecule has 84 valence electrons. The fourth-order valence-electron chi connectivity index (χ4n) is 0.913. The summed E-state index contributed by atoms with van der Waals surface area (Å²) < 4.78 is 0. The third kappa shape index (κ3) is 3.89. The van der Waals surface area contributed by atoms with Gasteiger partial charge in [-0.3, -0.25) is 5.41 Å². The zero-order valence-corrected chi connectivity index (χ0v) is 8.75. The van der Waals surface area contributed by atoms with E-state index in [9.17, 15) is 4.79 Å². The molecule has 1 aromatic carbocycles. The average Bonchev–Trinajstić information content (AvgIpc) is 2.26. The second-order valence-corrected chi connectivity index (χ2v) is 2.90. The number of nitrogens with two attached hydrogens (primary N) is 1. The normalized spacial score (nSPS) is 10.1. The van der Waals surface area contributed by atoms with E-state index in [4.69, 9.17) is 11.3 Å². The number of aliphatic imine (C=N–C) groups is 1. The highest BCUT2D eigenvalue weighted by Crippen LogP contribution is 1.95. The maximum atomic E-state index is 10.5. The SMILES string of the molecule is CC(=O)ON(N)C(=N)N=Cc1ccccc1. The average molecular weight is 220 g/mol. The largest absolute Gasteiger partial charge is 0.331 e. The van der Waals surface area contributed by atoms with Gasteiger partial charge < -0.3 is 4.84 Å². The zero-order valence-electron chi connectivity index (χ0n) is 8.75. The predicted octanol–water partition coefficient (Wildman–Crippen LogP) is 0.694. The number of hydroxylamine groups is 1. The van der Waals surface area contributed by atoms with Crippen LogP contribution in [0.4, 0.5) is 0 Å². The first-order valence-corrected chi connectivity index (χ1v) is 4.50. The highest BCUT2D eigenvalue weighted by atomic mass is 16.7. The molecule has 6 heteroatoms. The number of carbonyl (C=O) groups is 1. The van der Waals surface area contributed by atoms with Gasteiger partial charge in [0, 0.05) is 13.1 Å². The molecule has 0 saturated carbocycles. The monoisotopic (exact) mass is 220 g/mol. The number of hydrogen-bond acceptors (Lipinski definition) is 4.